The minimum absolute atomic E-state index is 0.0190. The highest BCUT2D eigenvalue weighted by molar-refractivity contribution is 5.68. The summed E-state index contributed by atoms with van der Waals surface area (Å²) in [5.74, 6) is 0.0190. The lowest BCUT2D eigenvalue weighted by Crippen LogP contribution is -2.44. The highest BCUT2D eigenvalue weighted by Gasteiger charge is 2.32. The van der Waals surface area contributed by atoms with Crippen molar-refractivity contribution in [2.45, 2.75) is 51.5 Å². The maximum absolute atomic E-state index is 12.8. The van der Waals surface area contributed by atoms with E-state index in [2.05, 4.69) is 0 Å². The number of halogens is 3. The van der Waals surface area contributed by atoms with Crippen LogP contribution in [0, 0.1) is 0 Å². The molecule has 0 aliphatic carbocycles. The molecule has 0 radical (unpaired) electrons. The molecule has 2 rings (SSSR count). The lowest BCUT2D eigenvalue weighted by Gasteiger charge is -2.33. The number of likely N-dealkylation sites (tertiary alicyclic amines) is 1. The maximum atomic E-state index is 12.8. The van der Waals surface area contributed by atoms with Gasteiger partial charge in [-0.15, -0.1) is 0 Å². The number of ether oxygens (including phenoxy) is 2. The van der Waals surface area contributed by atoms with Crippen LogP contribution < -0.4 is 10.5 Å². The molecule has 1 amide bonds. The average molecular weight is 360 g/mol. The molecule has 140 valence electrons. The van der Waals surface area contributed by atoms with E-state index in [9.17, 15) is 18.0 Å². The van der Waals surface area contributed by atoms with Crippen molar-refractivity contribution < 1.29 is 27.4 Å². The number of benzene rings is 1. The molecule has 8 heteroatoms. The molecular formula is C17H23F3N2O3. The molecule has 5 nitrogen and oxygen atoms in total. The topological polar surface area (TPSA) is 64.8 Å². The number of anilines is 1. The lowest BCUT2D eigenvalue weighted by atomic mass is 10.1. The van der Waals surface area contributed by atoms with Crippen LogP contribution in [0.4, 0.5) is 23.7 Å². The number of rotatable bonds is 2. The fourth-order valence-corrected chi connectivity index (χ4v) is 2.48. The zero-order chi connectivity index (χ0) is 18.8. The van der Waals surface area contributed by atoms with Gasteiger partial charge in [0.2, 0.25) is 0 Å². The normalized spacial score (nSPS) is 16.6. The molecular weight excluding hydrogens is 337 g/mol. The first-order valence-corrected chi connectivity index (χ1v) is 8.07. The van der Waals surface area contributed by atoms with E-state index < -0.39 is 23.4 Å². The Labute approximate surface area is 144 Å². The summed E-state index contributed by atoms with van der Waals surface area (Å²) >= 11 is 0. The van der Waals surface area contributed by atoms with Crippen LogP contribution >= 0.6 is 0 Å². The highest BCUT2D eigenvalue weighted by atomic mass is 19.4. The molecule has 0 bridgehead atoms. The summed E-state index contributed by atoms with van der Waals surface area (Å²) in [6.45, 7) is 6.20. The Balaban J connectivity index is 1.95. The molecule has 1 aromatic rings. The summed E-state index contributed by atoms with van der Waals surface area (Å²) < 4.78 is 49.3. The minimum Gasteiger partial charge on any atom is -0.488 e. The van der Waals surface area contributed by atoms with Gasteiger partial charge in [0.25, 0.3) is 0 Å². The zero-order valence-electron chi connectivity index (χ0n) is 14.5. The number of nitrogens with zero attached hydrogens (tertiary/aromatic N) is 1. The molecule has 0 aromatic heterocycles. The van der Waals surface area contributed by atoms with Crippen molar-refractivity contribution in [2.24, 2.45) is 0 Å². The van der Waals surface area contributed by atoms with Crippen LogP contribution in [0.5, 0.6) is 5.75 Å². The van der Waals surface area contributed by atoms with Crippen molar-refractivity contribution in [2.75, 3.05) is 18.8 Å². The predicted molar refractivity (Wildman–Crippen MR) is 87.3 cm³/mol. The second-order valence-electron chi connectivity index (χ2n) is 7.03. The van der Waals surface area contributed by atoms with Crippen LogP contribution in [-0.2, 0) is 10.9 Å². The number of nitrogen functional groups attached to an aromatic ring is 1. The Morgan fingerprint density at radius 1 is 1.20 bits per heavy atom. The van der Waals surface area contributed by atoms with Gasteiger partial charge < -0.3 is 20.1 Å². The second kappa shape index (κ2) is 7.01. The highest BCUT2D eigenvalue weighted by Crippen LogP contribution is 2.35. The smallest absolute Gasteiger partial charge is 0.416 e. The van der Waals surface area contributed by atoms with Gasteiger partial charge in [-0.25, -0.2) is 4.79 Å². The van der Waals surface area contributed by atoms with Crippen LogP contribution in [0.15, 0.2) is 18.2 Å². The van der Waals surface area contributed by atoms with Crippen LogP contribution in [0.1, 0.15) is 39.2 Å². The van der Waals surface area contributed by atoms with E-state index in [0.29, 0.717) is 25.9 Å². The number of hydrogen-bond acceptors (Lipinski definition) is 4. The standard InChI is InChI=1S/C17H23F3N2O3/c1-16(2,3)25-15(23)22-8-6-12(7-9-22)24-14-10-11(17(18,19)20)4-5-13(14)21/h4-5,10,12H,6-9,21H2,1-3H3. The Morgan fingerprint density at radius 3 is 2.32 bits per heavy atom. The van der Waals surface area contributed by atoms with Crippen molar-refractivity contribution in [1.82, 2.24) is 4.90 Å². The summed E-state index contributed by atoms with van der Waals surface area (Å²) in [6, 6.07) is 3.02. The second-order valence-corrected chi connectivity index (χ2v) is 7.03. The Morgan fingerprint density at radius 2 is 1.80 bits per heavy atom. The van der Waals surface area contributed by atoms with Crippen molar-refractivity contribution in [3.63, 3.8) is 0 Å². The van der Waals surface area contributed by atoms with Gasteiger partial charge in [0.1, 0.15) is 17.5 Å². The van der Waals surface area contributed by atoms with Gasteiger partial charge in [0, 0.05) is 25.9 Å². The number of amides is 1. The summed E-state index contributed by atoms with van der Waals surface area (Å²) in [5.41, 5.74) is 4.50. The Kier molecular flexibility index (Phi) is 5.39. The summed E-state index contributed by atoms with van der Waals surface area (Å²) in [7, 11) is 0. The molecule has 2 N–H and O–H groups in total. The average Bonchev–Trinajstić information content (AvgIpc) is 2.47. The van der Waals surface area contributed by atoms with E-state index in [4.69, 9.17) is 15.2 Å². The number of nitrogens with two attached hydrogens (primary N) is 1. The summed E-state index contributed by atoms with van der Waals surface area (Å²) in [5, 5.41) is 0. The molecule has 1 aliphatic heterocycles. The minimum atomic E-state index is -4.45. The fraction of sp³-hybridized carbons (Fsp3) is 0.588. The molecule has 0 saturated carbocycles. The van der Waals surface area contributed by atoms with Gasteiger partial charge in [0.15, 0.2) is 0 Å². The summed E-state index contributed by atoms with van der Waals surface area (Å²) in [6.07, 6.45) is -4.16. The third kappa shape index (κ3) is 5.44. The first-order valence-electron chi connectivity index (χ1n) is 8.07. The van der Waals surface area contributed by atoms with E-state index in [1.165, 1.54) is 6.07 Å². The first kappa shape index (κ1) is 19.2. The number of piperidine rings is 1. The molecule has 1 saturated heterocycles. The van der Waals surface area contributed by atoms with Crippen LogP contribution in [0.3, 0.4) is 0 Å². The number of hydrogen-bond donors (Lipinski definition) is 1. The molecule has 1 aromatic carbocycles. The molecule has 1 aliphatic rings. The quantitative estimate of drug-likeness (QED) is 0.808. The van der Waals surface area contributed by atoms with Crippen LogP contribution in [-0.4, -0.2) is 35.8 Å². The third-order valence-electron chi connectivity index (χ3n) is 3.73. The SMILES string of the molecule is CC(C)(C)OC(=O)N1CCC(Oc2cc(C(F)(F)F)ccc2N)CC1. The lowest BCUT2D eigenvalue weighted by molar-refractivity contribution is -0.137. The van der Waals surface area contributed by atoms with Crippen LogP contribution in [0.25, 0.3) is 0 Å². The van der Waals surface area contributed by atoms with Gasteiger partial charge >= 0.3 is 12.3 Å². The fourth-order valence-electron chi connectivity index (χ4n) is 2.48. The first-order chi connectivity index (χ1) is 11.5. The predicted octanol–water partition coefficient (Wildman–Crippen LogP) is 4.07. The zero-order valence-corrected chi connectivity index (χ0v) is 14.5. The van der Waals surface area contributed by atoms with E-state index in [1.807, 2.05) is 0 Å². The Hall–Kier alpha value is -2.12. The third-order valence-corrected chi connectivity index (χ3v) is 3.73. The van der Waals surface area contributed by atoms with E-state index in [1.54, 1.807) is 25.7 Å². The van der Waals surface area contributed by atoms with E-state index >= 15 is 0 Å². The number of carbonyl (C=O) groups excluding carboxylic acids is 1. The Bertz CT molecular complexity index is 619. The summed E-state index contributed by atoms with van der Waals surface area (Å²) in [4.78, 5) is 13.6. The number of carbonyl (C=O) groups is 1. The molecule has 0 spiro atoms. The van der Waals surface area contributed by atoms with Crippen molar-refractivity contribution >= 4 is 11.8 Å². The molecule has 1 fully saturated rings. The maximum Gasteiger partial charge on any atom is 0.416 e. The van der Waals surface area contributed by atoms with Gasteiger partial charge in [-0.3, -0.25) is 0 Å². The van der Waals surface area contributed by atoms with E-state index in [-0.39, 0.29) is 17.5 Å². The van der Waals surface area contributed by atoms with Gasteiger partial charge in [-0.1, -0.05) is 0 Å². The van der Waals surface area contributed by atoms with Gasteiger partial charge in [-0.2, -0.15) is 13.2 Å². The molecule has 25 heavy (non-hydrogen) atoms. The van der Waals surface area contributed by atoms with Crippen molar-refractivity contribution in [1.29, 1.82) is 0 Å². The molecule has 0 unspecified atom stereocenters. The number of alkyl halides is 3. The monoisotopic (exact) mass is 360 g/mol. The molecule has 0 atom stereocenters. The van der Waals surface area contributed by atoms with Crippen molar-refractivity contribution in [3.05, 3.63) is 23.8 Å². The van der Waals surface area contributed by atoms with Gasteiger partial charge in [0.05, 0.1) is 11.3 Å². The van der Waals surface area contributed by atoms with E-state index in [0.717, 1.165) is 12.1 Å². The molecule has 1 heterocycles. The van der Waals surface area contributed by atoms with Crippen LogP contribution in [0.2, 0.25) is 0 Å². The van der Waals surface area contributed by atoms with Crippen molar-refractivity contribution in [3.8, 4) is 5.75 Å². The largest absolute Gasteiger partial charge is 0.488 e. The van der Waals surface area contributed by atoms with Gasteiger partial charge in [-0.05, 0) is 39.0 Å².